The second-order valence-electron chi connectivity index (χ2n) is 3.65. The molecule has 1 aromatic heterocycles. The fraction of sp³-hybridized carbons (Fsp3) is 0.333. The number of rotatable bonds is 5. The largest absolute Gasteiger partial charge is 0.508 e. The van der Waals surface area contributed by atoms with Gasteiger partial charge in [0.2, 0.25) is 12.3 Å². The van der Waals surface area contributed by atoms with Crippen molar-refractivity contribution in [3.05, 3.63) is 36.0 Å². The van der Waals surface area contributed by atoms with Crippen molar-refractivity contribution in [2.75, 3.05) is 5.75 Å². The third kappa shape index (κ3) is 3.23. The van der Waals surface area contributed by atoms with Gasteiger partial charge in [0.25, 0.3) is 0 Å². The lowest BCUT2D eigenvalue weighted by Crippen LogP contribution is -1.92. The molecule has 2 rings (SSSR count). The van der Waals surface area contributed by atoms with E-state index in [1.54, 1.807) is 23.9 Å². The maximum Gasteiger partial charge on any atom is 0.220 e. The number of phenols is 1. The predicted molar refractivity (Wildman–Crippen MR) is 66.2 cm³/mol. The highest BCUT2D eigenvalue weighted by atomic mass is 32.2. The van der Waals surface area contributed by atoms with E-state index in [2.05, 4.69) is 17.1 Å². The van der Waals surface area contributed by atoms with Gasteiger partial charge in [0.15, 0.2) is 0 Å². The van der Waals surface area contributed by atoms with Gasteiger partial charge in [0, 0.05) is 4.90 Å². The van der Waals surface area contributed by atoms with Crippen molar-refractivity contribution in [3.63, 3.8) is 0 Å². The van der Waals surface area contributed by atoms with Crippen LogP contribution in [0.2, 0.25) is 0 Å². The molecular formula is C12H14N2O2S. The monoisotopic (exact) mass is 250 g/mol. The maximum absolute atomic E-state index is 9.52. The van der Waals surface area contributed by atoms with Crippen LogP contribution in [0.5, 0.6) is 5.75 Å². The number of benzene rings is 1. The molecule has 0 aliphatic heterocycles. The van der Waals surface area contributed by atoms with Crippen molar-refractivity contribution in [2.24, 2.45) is 0 Å². The molecule has 1 N–H and O–H groups in total. The van der Waals surface area contributed by atoms with Gasteiger partial charge in [0.1, 0.15) is 5.75 Å². The molecule has 1 aromatic carbocycles. The molecule has 5 heteroatoms. The summed E-state index contributed by atoms with van der Waals surface area (Å²) in [6, 6.07) is 5.39. The Morgan fingerprint density at radius 2 is 2.29 bits per heavy atom. The van der Waals surface area contributed by atoms with Crippen LogP contribution in [-0.4, -0.2) is 21.1 Å². The molecule has 0 unspecified atom stereocenters. The van der Waals surface area contributed by atoms with E-state index in [-0.39, 0.29) is 5.75 Å². The topological polar surface area (TPSA) is 59.2 Å². The second kappa shape index (κ2) is 5.72. The van der Waals surface area contributed by atoms with Crippen LogP contribution in [0.25, 0.3) is 0 Å². The Bertz CT molecular complexity index is 471. The lowest BCUT2D eigenvalue weighted by atomic mass is 10.1. The normalized spacial score (nSPS) is 10.6. The maximum atomic E-state index is 9.52. The number of aromatic nitrogens is 2. The Morgan fingerprint density at radius 3 is 3.00 bits per heavy atom. The number of aromatic hydroxyl groups is 1. The molecule has 0 aliphatic rings. The summed E-state index contributed by atoms with van der Waals surface area (Å²) in [5, 5.41) is 17.0. The van der Waals surface area contributed by atoms with Gasteiger partial charge in [-0.05, 0) is 35.9 Å². The van der Waals surface area contributed by atoms with Crippen LogP contribution < -0.4 is 0 Å². The average molecular weight is 250 g/mol. The van der Waals surface area contributed by atoms with E-state index < -0.39 is 0 Å². The van der Waals surface area contributed by atoms with Crippen LogP contribution in [0.4, 0.5) is 0 Å². The minimum absolute atomic E-state index is 0.264. The smallest absolute Gasteiger partial charge is 0.220 e. The lowest BCUT2D eigenvalue weighted by molar-refractivity contribution is 0.472. The van der Waals surface area contributed by atoms with Gasteiger partial charge < -0.3 is 9.52 Å². The van der Waals surface area contributed by atoms with Crippen LogP contribution >= 0.6 is 11.8 Å². The quantitative estimate of drug-likeness (QED) is 0.827. The standard InChI is InChI=1S/C12H14N2O2S/c1-2-5-17-11-4-3-10(15)6-9(11)7-12-14-13-8-16-12/h3-4,6,8,15H,2,5,7H2,1H3. The highest BCUT2D eigenvalue weighted by molar-refractivity contribution is 7.99. The molecule has 0 atom stereocenters. The van der Waals surface area contributed by atoms with E-state index in [4.69, 9.17) is 4.42 Å². The zero-order valence-electron chi connectivity index (χ0n) is 9.59. The Labute approximate surface area is 104 Å². The summed E-state index contributed by atoms with van der Waals surface area (Å²) < 4.78 is 5.12. The van der Waals surface area contributed by atoms with Gasteiger partial charge >= 0.3 is 0 Å². The summed E-state index contributed by atoms with van der Waals surface area (Å²) in [5.41, 5.74) is 1.02. The van der Waals surface area contributed by atoms with Crippen molar-refractivity contribution < 1.29 is 9.52 Å². The van der Waals surface area contributed by atoms with E-state index in [0.29, 0.717) is 12.3 Å². The number of thioether (sulfide) groups is 1. The zero-order valence-corrected chi connectivity index (χ0v) is 10.4. The van der Waals surface area contributed by atoms with Gasteiger partial charge in [-0.3, -0.25) is 0 Å². The van der Waals surface area contributed by atoms with Gasteiger partial charge in [-0.1, -0.05) is 6.92 Å². The van der Waals surface area contributed by atoms with E-state index in [0.717, 1.165) is 22.6 Å². The molecule has 17 heavy (non-hydrogen) atoms. The molecule has 0 radical (unpaired) electrons. The van der Waals surface area contributed by atoms with E-state index in [9.17, 15) is 5.11 Å². The second-order valence-corrected chi connectivity index (χ2v) is 4.79. The molecule has 0 bridgehead atoms. The van der Waals surface area contributed by atoms with Crippen LogP contribution in [-0.2, 0) is 6.42 Å². The Balaban J connectivity index is 2.20. The fourth-order valence-corrected chi connectivity index (χ4v) is 2.40. The molecular weight excluding hydrogens is 236 g/mol. The summed E-state index contributed by atoms with van der Waals surface area (Å²) in [5.74, 6) is 1.89. The van der Waals surface area contributed by atoms with Crippen molar-refractivity contribution >= 4 is 11.8 Å². The summed E-state index contributed by atoms with van der Waals surface area (Å²) >= 11 is 1.78. The Morgan fingerprint density at radius 1 is 1.41 bits per heavy atom. The average Bonchev–Trinajstić information content (AvgIpc) is 2.81. The summed E-state index contributed by atoms with van der Waals surface area (Å²) in [6.45, 7) is 2.14. The minimum atomic E-state index is 0.264. The molecule has 1 heterocycles. The summed E-state index contributed by atoms with van der Waals surface area (Å²) in [4.78, 5) is 1.16. The van der Waals surface area contributed by atoms with Crippen molar-refractivity contribution in [1.82, 2.24) is 10.2 Å². The molecule has 0 spiro atoms. The predicted octanol–water partition coefficient (Wildman–Crippen LogP) is 2.87. The molecule has 2 aromatic rings. The van der Waals surface area contributed by atoms with Crippen molar-refractivity contribution in [2.45, 2.75) is 24.7 Å². The van der Waals surface area contributed by atoms with Gasteiger partial charge in [-0.25, -0.2) is 0 Å². The van der Waals surface area contributed by atoms with E-state index in [1.807, 2.05) is 6.07 Å². The van der Waals surface area contributed by atoms with Crippen LogP contribution in [0.1, 0.15) is 24.8 Å². The fourth-order valence-electron chi connectivity index (χ4n) is 1.49. The number of hydrogen-bond acceptors (Lipinski definition) is 5. The highest BCUT2D eigenvalue weighted by Gasteiger charge is 2.08. The molecule has 0 saturated heterocycles. The van der Waals surface area contributed by atoms with Crippen molar-refractivity contribution in [1.29, 1.82) is 0 Å². The highest BCUT2D eigenvalue weighted by Crippen LogP contribution is 2.28. The Hall–Kier alpha value is -1.49. The van der Waals surface area contributed by atoms with E-state index in [1.165, 1.54) is 6.39 Å². The molecule has 0 saturated carbocycles. The van der Waals surface area contributed by atoms with Gasteiger partial charge in [-0.15, -0.1) is 22.0 Å². The first kappa shape index (κ1) is 12.0. The third-order valence-electron chi connectivity index (χ3n) is 2.25. The van der Waals surface area contributed by atoms with Crippen LogP contribution in [0.15, 0.2) is 33.9 Å². The first-order valence-corrected chi connectivity index (χ1v) is 6.48. The summed E-state index contributed by atoms with van der Waals surface area (Å²) in [6.07, 6.45) is 2.99. The Kier molecular flexibility index (Phi) is 4.03. The van der Waals surface area contributed by atoms with Gasteiger partial charge in [-0.2, -0.15) is 0 Å². The molecule has 0 amide bonds. The third-order valence-corrected chi connectivity index (χ3v) is 3.57. The number of hydrogen-bond donors (Lipinski definition) is 1. The first-order chi connectivity index (χ1) is 8.29. The van der Waals surface area contributed by atoms with Crippen LogP contribution in [0.3, 0.4) is 0 Å². The van der Waals surface area contributed by atoms with Crippen LogP contribution in [0, 0.1) is 0 Å². The van der Waals surface area contributed by atoms with Gasteiger partial charge in [0.05, 0.1) is 6.42 Å². The molecule has 90 valence electrons. The zero-order chi connectivity index (χ0) is 12.1. The molecule has 0 aliphatic carbocycles. The molecule has 0 fully saturated rings. The minimum Gasteiger partial charge on any atom is -0.508 e. The first-order valence-electron chi connectivity index (χ1n) is 5.49. The number of nitrogens with zero attached hydrogens (tertiary/aromatic N) is 2. The number of phenolic OH excluding ortho intramolecular Hbond substituents is 1. The van der Waals surface area contributed by atoms with Crippen molar-refractivity contribution in [3.8, 4) is 5.75 Å². The molecule has 4 nitrogen and oxygen atoms in total. The summed E-state index contributed by atoms with van der Waals surface area (Å²) in [7, 11) is 0. The van der Waals surface area contributed by atoms with E-state index >= 15 is 0 Å². The SMILES string of the molecule is CCCSc1ccc(O)cc1Cc1nnco1. The lowest BCUT2D eigenvalue weighted by Gasteiger charge is -2.07.